The molecule has 0 spiro atoms. The molecule has 0 radical (unpaired) electrons. The molecule has 0 saturated carbocycles. The molecule has 0 N–H and O–H groups in total. The van der Waals surface area contributed by atoms with Crippen LogP contribution in [-0.4, -0.2) is 38.3 Å². The van der Waals surface area contributed by atoms with Gasteiger partial charge in [-0.1, -0.05) is 27.3 Å². The van der Waals surface area contributed by atoms with Crippen molar-refractivity contribution in [1.29, 1.82) is 0 Å². The molecule has 16 heavy (non-hydrogen) atoms. The summed E-state index contributed by atoms with van der Waals surface area (Å²) in [6.45, 7) is 5.62. The average Bonchev–Trinajstić information content (AvgIpc) is 2.67. The highest BCUT2D eigenvalue weighted by Gasteiger charge is 2.29. The van der Waals surface area contributed by atoms with Crippen LogP contribution < -0.4 is 0 Å². The summed E-state index contributed by atoms with van der Waals surface area (Å²) in [7, 11) is 0. The van der Waals surface area contributed by atoms with E-state index in [0.717, 1.165) is 25.2 Å². The van der Waals surface area contributed by atoms with Crippen LogP contribution in [0.1, 0.15) is 28.7 Å². The van der Waals surface area contributed by atoms with Crippen molar-refractivity contribution >= 4 is 33.4 Å². The van der Waals surface area contributed by atoms with Gasteiger partial charge in [0.15, 0.2) is 0 Å². The van der Waals surface area contributed by atoms with Crippen molar-refractivity contribution in [3.8, 4) is 0 Å². The quantitative estimate of drug-likeness (QED) is 0.746. The molecule has 1 aromatic rings. The first kappa shape index (κ1) is 12.0. The summed E-state index contributed by atoms with van der Waals surface area (Å²) in [6.07, 6.45) is 1.01. The molecule has 1 aliphatic rings. The fraction of sp³-hybridized carbons (Fsp3) is 0.700. The molecule has 1 saturated heterocycles. The monoisotopic (exact) mass is 303 g/mol. The van der Waals surface area contributed by atoms with Crippen molar-refractivity contribution in [2.75, 3.05) is 13.1 Å². The third-order valence-electron chi connectivity index (χ3n) is 2.93. The molecule has 1 fully saturated rings. The largest absolute Gasteiger partial charge is 0.337 e. The van der Waals surface area contributed by atoms with Crippen molar-refractivity contribution < 1.29 is 4.79 Å². The Morgan fingerprint density at radius 1 is 1.62 bits per heavy atom. The standard InChI is InChI=1S/C10H14BrN3OS/c1-6-5-14(4-3-8(6)11)10(15)9-7(2)12-13-16-9/h6,8H,3-5H2,1-2H3. The van der Waals surface area contributed by atoms with Crippen LogP contribution in [0.2, 0.25) is 0 Å². The van der Waals surface area contributed by atoms with Gasteiger partial charge in [-0.2, -0.15) is 0 Å². The Morgan fingerprint density at radius 2 is 2.38 bits per heavy atom. The zero-order valence-electron chi connectivity index (χ0n) is 9.31. The number of aryl methyl sites for hydroxylation is 1. The van der Waals surface area contributed by atoms with Crippen LogP contribution in [-0.2, 0) is 0 Å². The maximum atomic E-state index is 12.2. The molecule has 1 amide bonds. The maximum absolute atomic E-state index is 12.2. The number of nitrogens with zero attached hydrogens (tertiary/aromatic N) is 3. The van der Waals surface area contributed by atoms with Gasteiger partial charge in [0.25, 0.3) is 5.91 Å². The third kappa shape index (κ3) is 2.27. The number of aromatic nitrogens is 2. The zero-order chi connectivity index (χ0) is 11.7. The Hall–Kier alpha value is -0.490. The van der Waals surface area contributed by atoms with Gasteiger partial charge in [0, 0.05) is 17.9 Å². The normalized spacial score (nSPS) is 25.8. The number of rotatable bonds is 1. The summed E-state index contributed by atoms with van der Waals surface area (Å²) in [5, 5.41) is 3.88. The van der Waals surface area contributed by atoms with Crippen LogP contribution >= 0.6 is 27.5 Å². The summed E-state index contributed by atoms with van der Waals surface area (Å²) in [5.41, 5.74) is 0.739. The summed E-state index contributed by atoms with van der Waals surface area (Å²) < 4.78 is 3.81. The molecular formula is C10H14BrN3OS. The first-order valence-electron chi connectivity index (χ1n) is 5.32. The van der Waals surface area contributed by atoms with Crippen molar-refractivity contribution in [2.24, 2.45) is 5.92 Å². The van der Waals surface area contributed by atoms with Gasteiger partial charge in [0.1, 0.15) is 4.88 Å². The van der Waals surface area contributed by atoms with E-state index >= 15 is 0 Å². The van der Waals surface area contributed by atoms with Crippen LogP contribution in [0.25, 0.3) is 0 Å². The molecule has 2 rings (SSSR count). The summed E-state index contributed by atoms with van der Waals surface area (Å²) in [4.78, 5) is 15.3. The SMILES string of the molecule is Cc1nnsc1C(=O)N1CCC(Br)C(C)C1. The van der Waals surface area contributed by atoms with Crippen LogP contribution in [0.5, 0.6) is 0 Å². The molecule has 2 heterocycles. The van der Waals surface area contributed by atoms with Crippen molar-refractivity contribution in [3.63, 3.8) is 0 Å². The van der Waals surface area contributed by atoms with Crippen molar-refractivity contribution in [1.82, 2.24) is 14.5 Å². The number of amides is 1. The second kappa shape index (κ2) is 4.79. The Balaban J connectivity index is 2.09. The van der Waals surface area contributed by atoms with E-state index in [2.05, 4.69) is 32.4 Å². The van der Waals surface area contributed by atoms with E-state index in [1.807, 2.05) is 11.8 Å². The Kier molecular flexibility index (Phi) is 3.59. The third-order valence-corrected chi connectivity index (χ3v) is 5.11. The van der Waals surface area contributed by atoms with Crippen LogP contribution in [0, 0.1) is 12.8 Å². The molecular weight excluding hydrogens is 290 g/mol. The number of hydrogen-bond donors (Lipinski definition) is 0. The van der Waals surface area contributed by atoms with E-state index < -0.39 is 0 Å². The molecule has 4 nitrogen and oxygen atoms in total. The molecule has 1 aromatic heterocycles. The predicted octanol–water partition coefficient (Wildman–Crippen LogP) is 2.09. The van der Waals surface area contributed by atoms with Gasteiger partial charge in [0.2, 0.25) is 0 Å². The minimum atomic E-state index is 0.0822. The lowest BCUT2D eigenvalue weighted by molar-refractivity contribution is 0.0694. The number of piperidine rings is 1. The minimum Gasteiger partial charge on any atom is -0.337 e. The van der Waals surface area contributed by atoms with Gasteiger partial charge in [-0.3, -0.25) is 4.79 Å². The van der Waals surface area contributed by atoms with Gasteiger partial charge in [-0.15, -0.1) is 5.10 Å². The minimum absolute atomic E-state index is 0.0822. The molecule has 1 aliphatic heterocycles. The highest BCUT2D eigenvalue weighted by atomic mass is 79.9. The van der Waals surface area contributed by atoms with Crippen LogP contribution in [0.15, 0.2) is 0 Å². The Bertz CT molecular complexity index is 395. The molecule has 0 aliphatic carbocycles. The summed E-state index contributed by atoms with van der Waals surface area (Å²) in [6, 6.07) is 0. The molecule has 6 heteroatoms. The van der Waals surface area contributed by atoms with Gasteiger partial charge < -0.3 is 4.90 Å². The van der Waals surface area contributed by atoms with Crippen molar-refractivity contribution in [3.05, 3.63) is 10.6 Å². The van der Waals surface area contributed by atoms with E-state index in [-0.39, 0.29) is 5.91 Å². The number of hydrogen-bond acceptors (Lipinski definition) is 4. The first-order chi connectivity index (χ1) is 7.59. The summed E-state index contributed by atoms with van der Waals surface area (Å²) >= 11 is 4.82. The lowest BCUT2D eigenvalue weighted by Crippen LogP contribution is -2.43. The highest BCUT2D eigenvalue weighted by Crippen LogP contribution is 2.25. The topological polar surface area (TPSA) is 46.1 Å². The maximum Gasteiger partial charge on any atom is 0.267 e. The average molecular weight is 304 g/mol. The molecule has 2 unspecified atom stereocenters. The molecule has 0 aromatic carbocycles. The number of likely N-dealkylation sites (tertiary alicyclic amines) is 1. The second-order valence-corrected chi connectivity index (χ2v) is 6.15. The second-order valence-electron chi connectivity index (χ2n) is 4.22. The fourth-order valence-corrected chi connectivity index (χ4v) is 2.87. The molecule has 88 valence electrons. The van der Waals surface area contributed by atoms with E-state index in [1.54, 1.807) is 0 Å². The van der Waals surface area contributed by atoms with Gasteiger partial charge in [-0.25, -0.2) is 0 Å². The molecule has 2 atom stereocenters. The number of alkyl halides is 1. The smallest absolute Gasteiger partial charge is 0.267 e. The van der Waals surface area contributed by atoms with Crippen LogP contribution in [0.4, 0.5) is 0 Å². The van der Waals surface area contributed by atoms with E-state index in [9.17, 15) is 4.79 Å². The number of halogens is 1. The first-order valence-corrected chi connectivity index (χ1v) is 7.00. The van der Waals surface area contributed by atoms with Crippen molar-refractivity contribution in [2.45, 2.75) is 25.1 Å². The number of carbonyl (C=O) groups excluding carboxylic acids is 1. The van der Waals surface area contributed by atoms with E-state index in [4.69, 9.17) is 0 Å². The molecule has 0 bridgehead atoms. The Labute approximate surface area is 107 Å². The van der Waals surface area contributed by atoms with E-state index in [1.165, 1.54) is 11.5 Å². The predicted molar refractivity (Wildman–Crippen MR) is 67.0 cm³/mol. The fourth-order valence-electron chi connectivity index (χ4n) is 1.87. The van der Waals surface area contributed by atoms with Crippen LogP contribution in [0.3, 0.4) is 0 Å². The number of carbonyl (C=O) groups is 1. The highest BCUT2D eigenvalue weighted by molar-refractivity contribution is 9.09. The lowest BCUT2D eigenvalue weighted by Gasteiger charge is -2.34. The zero-order valence-corrected chi connectivity index (χ0v) is 11.7. The summed E-state index contributed by atoms with van der Waals surface area (Å²) in [5.74, 6) is 0.581. The Morgan fingerprint density at radius 3 is 2.94 bits per heavy atom. The van der Waals surface area contributed by atoms with Gasteiger partial charge in [-0.05, 0) is 30.8 Å². The van der Waals surface area contributed by atoms with Gasteiger partial charge >= 0.3 is 0 Å². The lowest BCUT2D eigenvalue weighted by atomic mass is 10.00. The van der Waals surface area contributed by atoms with E-state index in [0.29, 0.717) is 15.6 Å². The van der Waals surface area contributed by atoms with Gasteiger partial charge in [0.05, 0.1) is 5.69 Å².